The molecule has 0 saturated carbocycles. The van der Waals surface area contributed by atoms with Crippen LogP contribution in [0.1, 0.15) is 50.3 Å². The molecular formula is C26H29NO. The topological polar surface area (TPSA) is 12.5 Å². The smallest absolute Gasteiger partial charge is 0.151 e. The molecule has 0 aliphatic carbocycles. The minimum Gasteiger partial charge on any atom is -0.453 e. The molecule has 1 aliphatic rings. The number of hydrogen-bond donors (Lipinski definition) is 0. The maximum atomic E-state index is 6.42. The zero-order chi connectivity index (χ0) is 19.9. The van der Waals surface area contributed by atoms with Crippen molar-refractivity contribution in [2.24, 2.45) is 0 Å². The second kappa shape index (κ2) is 7.01. The number of fused-ring (bicyclic) bond motifs is 2. The normalized spacial score (nSPS) is 13.0. The first kappa shape index (κ1) is 18.6. The predicted octanol–water partition coefficient (Wildman–Crippen LogP) is 7.96. The second-order valence-electron chi connectivity index (χ2n) is 8.19. The standard InChI is InChI=1S/C26H29NO/c1-6-26(5,7-2)20-11-15-23-25(17-20)28-24-16-19(4)10-14-22(24)27(23)21-12-8-18(3)9-13-21/h8-17H,6-7H2,1-5H3. The maximum Gasteiger partial charge on any atom is 0.151 e. The Morgan fingerprint density at radius 2 is 1.32 bits per heavy atom. The summed E-state index contributed by atoms with van der Waals surface area (Å²) >= 11 is 0. The lowest BCUT2D eigenvalue weighted by Gasteiger charge is -2.35. The monoisotopic (exact) mass is 371 g/mol. The number of rotatable bonds is 4. The second-order valence-corrected chi connectivity index (χ2v) is 8.19. The van der Waals surface area contributed by atoms with Crippen LogP contribution in [-0.2, 0) is 5.41 Å². The number of benzene rings is 3. The van der Waals surface area contributed by atoms with E-state index in [-0.39, 0.29) is 5.41 Å². The van der Waals surface area contributed by atoms with E-state index in [1.807, 2.05) is 0 Å². The quantitative estimate of drug-likeness (QED) is 0.361. The zero-order valence-electron chi connectivity index (χ0n) is 17.5. The lowest BCUT2D eigenvalue weighted by molar-refractivity contribution is 0.431. The van der Waals surface area contributed by atoms with Gasteiger partial charge in [0.2, 0.25) is 0 Å². The van der Waals surface area contributed by atoms with Gasteiger partial charge in [-0.1, -0.05) is 50.6 Å². The molecule has 1 heterocycles. The molecule has 0 aromatic heterocycles. The highest BCUT2D eigenvalue weighted by atomic mass is 16.5. The molecule has 3 aromatic carbocycles. The number of nitrogens with zero attached hydrogens (tertiary/aromatic N) is 1. The van der Waals surface area contributed by atoms with Crippen molar-refractivity contribution >= 4 is 17.1 Å². The molecule has 1 aliphatic heterocycles. The summed E-state index contributed by atoms with van der Waals surface area (Å²) in [6.07, 6.45) is 2.22. The van der Waals surface area contributed by atoms with E-state index in [9.17, 15) is 0 Å². The van der Waals surface area contributed by atoms with Crippen LogP contribution in [0.5, 0.6) is 11.5 Å². The Morgan fingerprint density at radius 1 is 0.750 bits per heavy atom. The average Bonchev–Trinajstić information content (AvgIpc) is 2.71. The summed E-state index contributed by atoms with van der Waals surface area (Å²) < 4.78 is 6.42. The van der Waals surface area contributed by atoms with Crippen LogP contribution in [0, 0.1) is 13.8 Å². The molecule has 144 valence electrons. The molecule has 2 nitrogen and oxygen atoms in total. The molecule has 0 radical (unpaired) electrons. The lowest BCUT2D eigenvalue weighted by atomic mass is 9.77. The van der Waals surface area contributed by atoms with E-state index in [1.54, 1.807) is 0 Å². The van der Waals surface area contributed by atoms with Crippen molar-refractivity contribution in [2.45, 2.75) is 52.9 Å². The molecule has 0 atom stereocenters. The van der Waals surface area contributed by atoms with Crippen LogP contribution in [0.4, 0.5) is 17.1 Å². The highest BCUT2D eigenvalue weighted by molar-refractivity contribution is 5.86. The molecule has 0 amide bonds. The SMILES string of the molecule is CCC(C)(CC)c1ccc2c(c1)Oc1cc(C)ccc1N2c1ccc(C)cc1. The third-order valence-electron chi connectivity index (χ3n) is 6.33. The van der Waals surface area contributed by atoms with Crippen LogP contribution in [0.2, 0.25) is 0 Å². The van der Waals surface area contributed by atoms with Gasteiger partial charge in [0, 0.05) is 5.69 Å². The van der Waals surface area contributed by atoms with E-state index in [0.29, 0.717) is 0 Å². The van der Waals surface area contributed by atoms with Crippen molar-refractivity contribution < 1.29 is 4.74 Å². The van der Waals surface area contributed by atoms with Gasteiger partial charge < -0.3 is 9.64 Å². The largest absolute Gasteiger partial charge is 0.453 e. The molecule has 2 heteroatoms. The third-order valence-corrected chi connectivity index (χ3v) is 6.33. The van der Waals surface area contributed by atoms with Crippen molar-refractivity contribution in [1.82, 2.24) is 0 Å². The molecule has 0 bridgehead atoms. The molecular weight excluding hydrogens is 342 g/mol. The zero-order valence-corrected chi connectivity index (χ0v) is 17.5. The summed E-state index contributed by atoms with van der Waals surface area (Å²) in [4.78, 5) is 2.31. The fourth-order valence-corrected chi connectivity index (χ4v) is 3.92. The Kier molecular flexibility index (Phi) is 4.66. The first-order valence-corrected chi connectivity index (χ1v) is 10.2. The minimum absolute atomic E-state index is 0.167. The van der Waals surface area contributed by atoms with Crippen molar-refractivity contribution in [1.29, 1.82) is 0 Å². The van der Waals surface area contributed by atoms with Crippen molar-refractivity contribution in [3.8, 4) is 11.5 Å². The highest BCUT2D eigenvalue weighted by Gasteiger charge is 2.29. The fourth-order valence-electron chi connectivity index (χ4n) is 3.92. The van der Waals surface area contributed by atoms with Gasteiger partial charge in [-0.2, -0.15) is 0 Å². The Labute approximate surface area is 168 Å². The molecule has 0 unspecified atom stereocenters. The predicted molar refractivity (Wildman–Crippen MR) is 119 cm³/mol. The fraction of sp³-hybridized carbons (Fsp3) is 0.308. The van der Waals surface area contributed by atoms with E-state index in [1.165, 1.54) is 16.7 Å². The van der Waals surface area contributed by atoms with Gasteiger partial charge in [-0.05, 0) is 79.6 Å². The molecule has 0 N–H and O–H groups in total. The Hall–Kier alpha value is -2.74. The summed E-state index contributed by atoms with van der Waals surface area (Å²) in [6.45, 7) is 11.1. The van der Waals surface area contributed by atoms with Gasteiger partial charge in [-0.3, -0.25) is 0 Å². The van der Waals surface area contributed by atoms with Gasteiger partial charge in [-0.25, -0.2) is 0 Å². The lowest BCUT2D eigenvalue weighted by Crippen LogP contribution is -2.21. The molecule has 0 saturated heterocycles. The van der Waals surface area contributed by atoms with E-state index >= 15 is 0 Å². The first-order chi connectivity index (χ1) is 13.4. The van der Waals surface area contributed by atoms with E-state index < -0.39 is 0 Å². The number of anilines is 3. The number of ether oxygens (including phenoxy) is 1. The summed E-state index contributed by atoms with van der Waals surface area (Å²) in [5.74, 6) is 1.85. The van der Waals surface area contributed by atoms with E-state index in [0.717, 1.165) is 41.4 Å². The van der Waals surface area contributed by atoms with Crippen LogP contribution in [0.25, 0.3) is 0 Å². The number of hydrogen-bond acceptors (Lipinski definition) is 2. The highest BCUT2D eigenvalue weighted by Crippen LogP contribution is 2.51. The minimum atomic E-state index is 0.167. The van der Waals surface area contributed by atoms with Gasteiger partial charge in [0.05, 0.1) is 11.4 Å². The molecule has 4 rings (SSSR count). The van der Waals surface area contributed by atoms with Crippen LogP contribution in [-0.4, -0.2) is 0 Å². The molecule has 3 aromatic rings. The van der Waals surface area contributed by atoms with Crippen LogP contribution in [0.3, 0.4) is 0 Å². The van der Waals surface area contributed by atoms with Crippen molar-refractivity contribution in [3.63, 3.8) is 0 Å². The van der Waals surface area contributed by atoms with Gasteiger partial charge in [0.25, 0.3) is 0 Å². The van der Waals surface area contributed by atoms with Crippen LogP contribution < -0.4 is 9.64 Å². The first-order valence-electron chi connectivity index (χ1n) is 10.2. The van der Waals surface area contributed by atoms with Gasteiger partial charge in [0.1, 0.15) is 0 Å². The van der Waals surface area contributed by atoms with E-state index in [4.69, 9.17) is 4.74 Å². The van der Waals surface area contributed by atoms with Gasteiger partial charge in [0.15, 0.2) is 11.5 Å². The molecule has 0 fully saturated rings. The van der Waals surface area contributed by atoms with Gasteiger partial charge in [-0.15, -0.1) is 0 Å². The Morgan fingerprint density at radius 3 is 1.96 bits per heavy atom. The summed E-state index contributed by atoms with van der Waals surface area (Å²) in [7, 11) is 0. The van der Waals surface area contributed by atoms with Crippen molar-refractivity contribution in [3.05, 3.63) is 77.4 Å². The van der Waals surface area contributed by atoms with Crippen LogP contribution >= 0.6 is 0 Å². The summed E-state index contributed by atoms with van der Waals surface area (Å²) in [5, 5.41) is 0. The Balaban J connectivity index is 1.89. The Bertz CT molecular complexity index is 999. The van der Waals surface area contributed by atoms with E-state index in [2.05, 4.69) is 100 Å². The summed E-state index contributed by atoms with van der Waals surface area (Å²) in [6, 6.07) is 21.9. The molecule has 28 heavy (non-hydrogen) atoms. The number of aryl methyl sites for hydroxylation is 2. The third kappa shape index (κ3) is 3.07. The maximum absolute atomic E-state index is 6.42. The average molecular weight is 372 g/mol. The van der Waals surface area contributed by atoms with Crippen LogP contribution in [0.15, 0.2) is 60.7 Å². The summed E-state index contributed by atoms with van der Waals surface area (Å²) in [5.41, 5.74) is 7.31. The molecule has 0 spiro atoms. The van der Waals surface area contributed by atoms with Crippen molar-refractivity contribution in [2.75, 3.05) is 4.90 Å². The van der Waals surface area contributed by atoms with Gasteiger partial charge >= 0.3 is 0 Å².